The Bertz CT molecular complexity index is 617. The second kappa shape index (κ2) is 5.15. The Morgan fingerprint density at radius 1 is 1.17 bits per heavy atom. The van der Waals surface area contributed by atoms with Gasteiger partial charge < -0.3 is 4.74 Å². The molecule has 1 heterocycles. The van der Waals surface area contributed by atoms with Gasteiger partial charge in [-0.15, -0.1) is 0 Å². The standard InChI is InChI=1S/C13H10BrN3O/c1-8-3-9(2)12(4-11(8)14)18-13-7-16-10(5-15)6-17-13/h3-4,6-7H,1-2H3. The van der Waals surface area contributed by atoms with Crippen LogP contribution in [0.5, 0.6) is 11.6 Å². The summed E-state index contributed by atoms with van der Waals surface area (Å²) in [5, 5.41) is 8.63. The molecule has 0 fully saturated rings. The minimum atomic E-state index is 0.268. The minimum Gasteiger partial charge on any atom is -0.437 e. The Morgan fingerprint density at radius 2 is 1.94 bits per heavy atom. The van der Waals surface area contributed by atoms with E-state index in [1.165, 1.54) is 12.4 Å². The molecule has 5 heteroatoms. The fraction of sp³-hybridized carbons (Fsp3) is 0.154. The zero-order valence-corrected chi connectivity index (χ0v) is 11.5. The fourth-order valence-corrected chi connectivity index (χ4v) is 1.78. The normalized spacial score (nSPS) is 9.89. The van der Waals surface area contributed by atoms with Crippen LogP contribution in [0.2, 0.25) is 0 Å². The van der Waals surface area contributed by atoms with E-state index in [1.807, 2.05) is 32.0 Å². The van der Waals surface area contributed by atoms with Crippen molar-refractivity contribution in [3.63, 3.8) is 0 Å². The zero-order chi connectivity index (χ0) is 13.1. The van der Waals surface area contributed by atoms with E-state index in [0.29, 0.717) is 11.6 Å². The number of halogens is 1. The summed E-state index contributed by atoms with van der Waals surface area (Å²) in [6.07, 6.45) is 2.82. The second-order valence-corrected chi connectivity index (χ2v) is 4.67. The number of nitriles is 1. The number of nitrogens with zero attached hydrogens (tertiary/aromatic N) is 3. The van der Waals surface area contributed by atoms with Crippen molar-refractivity contribution in [2.75, 3.05) is 0 Å². The smallest absolute Gasteiger partial charge is 0.237 e. The number of ether oxygens (including phenoxy) is 1. The SMILES string of the molecule is Cc1cc(C)c(Oc2cnc(C#N)cn2)cc1Br. The van der Waals surface area contributed by atoms with Gasteiger partial charge in [-0.25, -0.2) is 9.97 Å². The lowest BCUT2D eigenvalue weighted by Crippen LogP contribution is -1.93. The van der Waals surface area contributed by atoms with Crippen LogP contribution in [0, 0.1) is 25.2 Å². The molecule has 1 aromatic carbocycles. The molecule has 0 radical (unpaired) electrons. The molecule has 0 aliphatic carbocycles. The Kier molecular flexibility index (Phi) is 3.58. The lowest BCUT2D eigenvalue weighted by atomic mass is 10.1. The van der Waals surface area contributed by atoms with Crippen molar-refractivity contribution >= 4 is 15.9 Å². The van der Waals surface area contributed by atoms with Crippen molar-refractivity contribution < 1.29 is 4.74 Å². The van der Waals surface area contributed by atoms with E-state index in [-0.39, 0.29) is 5.69 Å². The van der Waals surface area contributed by atoms with Crippen LogP contribution in [0.1, 0.15) is 16.8 Å². The molecule has 0 aliphatic heterocycles. The van der Waals surface area contributed by atoms with E-state index in [4.69, 9.17) is 10.00 Å². The molecular formula is C13H10BrN3O. The largest absolute Gasteiger partial charge is 0.437 e. The molecule has 18 heavy (non-hydrogen) atoms. The predicted molar refractivity (Wildman–Crippen MR) is 70.4 cm³/mol. The van der Waals surface area contributed by atoms with Gasteiger partial charge in [0, 0.05) is 4.47 Å². The van der Waals surface area contributed by atoms with Crippen molar-refractivity contribution in [3.8, 4) is 17.7 Å². The van der Waals surface area contributed by atoms with Crippen LogP contribution in [0.3, 0.4) is 0 Å². The fourth-order valence-electron chi connectivity index (χ4n) is 1.46. The highest BCUT2D eigenvalue weighted by Crippen LogP contribution is 2.29. The first kappa shape index (κ1) is 12.5. The summed E-state index contributed by atoms with van der Waals surface area (Å²) in [7, 11) is 0. The Labute approximate surface area is 113 Å². The predicted octanol–water partition coefficient (Wildman–Crippen LogP) is 3.52. The van der Waals surface area contributed by atoms with E-state index < -0.39 is 0 Å². The van der Waals surface area contributed by atoms with Crippen molar-refractivity contribution in [2.45, 2.75) is 13.8 Å². The number of hydrogen-bond donors (Lipinski definition) is 0. The first-order valence-electron chi connectivity index (χ1n) is 5.27. The van der Waals surface area contributed by atoms with Gasteiger partial charge in [0.2, 0.25) is 5.88 Å². The molecule has 0 atom stereocenters. The molecule has 0 unspecified atom stereocenters. The van der Waals surface area contributed by atoms with Crippen molar-refractivity contribution in [2.24, 2.45) is 0 Å². The van der Waals surface area contributed by atoms with Gasteiger partial charge in [-0.3, -0.25) is 0 Å². The van der Waals surface area contributed by atoms with Crippen molar-refractivity contribution in [1.82, 2.24) is 9.97 Å². The molecule has 0 aliphatic rings. The van der Waals surface area contributed by atoms with Crippen molar-refractivity contribution in [1.29, 1.82) is 5.26 Å². The summed E-state index contributed by atoms with van der Waals surface area (Å²) in [6, 6.07) is 5.83. The quantitative estimate of drug-likeness (QED) is 0.851. The summed E-state index contributed by atoms with van der Waals surface area (Å²) in [5.41, 5.74) is 2.43. The van der Waals surface area contributed by atoms with Gasteiger partial charge in [-0.2, -0.15) is 5.26 Å². The summed E-state index contributed by atoms with van der Waals surface area (Å²) in [6.45, 7) is 3.98. The first-order valence-corrected chi connectivity index (χ1v) is 6.06. The van der Waals surface area contributed by atoms with Gasteiger partial charge in [0.15, 0.2) is 5.69 Å². The van der Waals surface area contributed by atoms with E-state index in [0.717, 1.165) is 15.6 Å². The average Bonchev–Trinajstić information content (AvgIpc) is 2.37. The number of aromatic nitrogens is 2. The van der Waals surface area contributed by atoms with Crippen LogP contribution in [0.15, 0.2) is 29.0 Å². The van der Waals surface area contributed by atoms with Gasteiger partial charge >= 0.3 is 0 Å². The zero-order valence-electron chi connectivity index (χ0n) is 9.94. The van der Waals surface area contributed by atoms with Gasteiger partial charge in [0.05, 0.1) is 12.4 Å². The summed E-state index contributed by atoms with van der Waals surface area (Å²) in [5.74, 6) is 1.08. The number of rotatable bonds is 2. The molecular weight excluding hydrogens is 294 g/mol. The number of hydrogen-bond acceptors (Lipinski definition) is 4. The number of benzene rings is 1. The molecule has 2 rings (SSSR count). The molecule has 2 aromatic rings. The highest BCUT2D eigenvalue weighted by molar-refractivity contribution is 9.10. The van der Waals surface area contributed by atoms with Crippen LogP contribution < -0.4 is 4.74 Å². The van der Waals surface area contributed by atoms with Crippen LogP contribution in [-0.4, -0.2) is 9.97 Å². The molecule has 4 nitrogen and oxygen atoms in total. The van der Waals surface area contributed by atoms with E-state index in [9.17, 15) is 0 Å². The number of aryl methyl sites for hydroxylation is 2. The molecule has 0 N–H and O–H groups in total. The summed E-state index contributed by atoms with van der Waals surface area (Å²) in [4.78, 5) is 7.92. The first-order chi connectivity index (χ1) is 8.60. The lowest BCUT2D eigenvalue weighted by Gasteiger charge is -2.09. The van der Waals surface area contributed by atoms with Crippen molar-refractivity contribution in [3.05, 3.63) is 45.8 Å². The third kappa shape index (κ3) is 2.66. The maximum atomic E-state index is 8.63. The van der Waals surface area contributed by atoms with Gasteiger partial charge in [-0.05, 0) is 31.0 Å². The molecule has 90 valence electrons. The summed E-state index contributed by atoms with van der Waals surface area (Å²) >= 11 is 3.46. The topological polar surface area (TPSA) is 58.8 Å². The molecule has 0 saturated carbocycles. The monoisotopic (exact) mass is 303 g/mol. The lowest BCUT2D eigenvalue weighted by molar-refractivity contribution is 0.456. The second-order valence-electron chi connectivity index (χ2n) is 3.82. The average molecular weight is 304 g/mol. The van der Waals surface area contributed by atoms with Crippen LogP contribution in [0.4, 0.5) is 0 Å². The molecule has 1 aromatic heterocycles. The van der Waals surface area contributed by atoms with E-state index in [1.54, 1.807) is 0 Å². The van der Waals surface area contributed by atoms with Gasteiger partial charge in [0.25, 0.3) is 0 Å². The van der Waals surface area contributed by atoms with E-state index in [2.05, 4.69) is 25.9 Å². The van der Waals surface area contributed by atoms with E-state index >= 15 is 0 Å². The molecule has 0 amide bonds. The van der Waals surface area contributed by atoms with Crippen LogP contribution in [-0.2, 0) is 0 Å². The third-order valence-electron chi connectivity index (χ3n) is 2.41. The maximum Gasteiger partial charge on any atom is 0.237 e. The summed E-state index contributed by atoms with van der Waals surface area (Å²) < 4.78 is 6.61. The van der Waals surface area contributed by atoms with Gasteiger partial charge in [-0.1, -0.05) is 22.0 Å². The third-order valence-corrected chi connectivity index (χ3v) is 3.27. The maximum absolute atomic E-state index is 8.63. The van der Waals surface area contributed by atoms with Crippen LogP contribution >= 0.6 is 15.9 Å². The Hall–Kier alpha value is -1.93. The van der Waals surface area contributed by atoms with Gasteiger partial charge in [0.1, 0.15) is 11.8 Å². The molecule has 0 saturated heterocycles. The minimum absolute atomic E-state index is 0.268. The highest BCUT2D eigenvalue weighted by Gasteiger charge is 2.06. The highest BCUT2D eigenvalue weighted by atomic mass is 79.9. The Balaban J connectivity index is 2.28. The van der Waals surface area contributed by atoms with Crippen LogP contribution in [0.25, 0.3) is 0 Å². The Morgan fingerprint density at radius 3 is 2.56 bits per heavy atom. The molecule has 0 bridgehead atoms. The molecule has 0 spiro atoms.